The molecule has 0 aromatic rings. The molecule has 2 amide bonds. The molecule has 0 saturated carbocycles. The minimum atomic E-state index is -0.304. The number of likely N-dealkylation sites (N-methyl/N-ethyl adjacent to an activating group) is 1. The largest absolute Gasteiger partial charge is 0.370 e. The van der Waals surface area contributed by atoms with Crippen molar-refractivity contribution >= 4 is 11.8 Å². The number of likely N-dealkylation sites (tertiary alicyclic amines) is 1. The van der Waals surface area contributed by atoms with Crippen molar-refractivity contribution in [3.8, 4) is 0 Å². The van der Waals surface area contributed by atoms with Crippen molar-refractivity contribution in [2.24, 2.45) is 5.73 Å². The Morgan fingerprint density at radius 1 is 1.71 bits per heavy atom. The maximum Gasteiger partial charge on any atom is 0.239 e. The Labute approximate surface area is 83.6 Å². The molecule has 1 atom stereocenters. The maximum absolute atomic E-state index is 11.6. The van der Waals surface area contributed by atoms with Crippen molar-refractivity contribution in [1.29, 1.82) is 0 Å². The smallest absolute Gasteiger partial charge is 0.239 e. The highest BCUT2D eigenvalue weighted by Gasteiger charge is 2.29. The molecule has 80 valence electrons. The second kappa shape index (κ2) is 4.95. The fourth-order valence-electron chi connectivity index (χ4n) is 1.67. The number of primary amides is 1. The van der Waals surface area contributed by atoms with Gasteiger partial charge in [-0.2, -0.15) is 0 Å². The van der Waals surface area contributed by atoms with Crippen molar-refractivity contribution in [3.05, 3.63) is 0 Å². The monoisotopic (exact) mass is 199 g/mol. The summed E-state index contributed by atoms with van der Waals surface area (Å²) in [5.41, 5.74) is 5.01. The van der Waals surface area contributed by atoms with Crippen LogP contribution >= 0.6 is 0 Å². The Morgan fingerprint density at radius 3 is 2.93 bits per heavy atom. The highest BCUT2D eigenvalue weighted by atomic mass is 16.2. The predicted molar refractivity (Wildman–Crippen MR) is 52.5 cm³/mol. The molecule has 1 heterocycles. The van der Waals surface area contributed by atoms with E-state index in [1.807, 2.05) is 0 Å². The van der Waals surface area contributed by atoms with E-state index in [1.165, 1.54) is 0 Å². The van der Waals surface area contributed by atoms with E-state index in [0.717, 1.165) is 13.0 Å². The zero-order chi connectivity index (χ0) is 10.6. The van der Waals surface area contributed by atoms with Crippen LogP contribution in [0, 0.1) is 0 Å². The third-order valence-corrected chi connectivity index (χ3v) is 2.50. The number of carbonyl (C=O) groups excluding carboxylic acids is 2. The Balaban J connectivity index is 2.26. The molecule has 1 aliphatic heterocycles. The van der Waals surface area contributed by atoms with Gasteiger partial charge < -0.3 is 16.0 Å². The second-order valence-electron chi connectivity index (χ2n) is 3.53. The highest BCUT2D eigenvalue weighted by molar-refractivity contribution is 5.84. The van der Waals surface area contributed by atoms with Crippen molar-refractivity contribution in [2.75, 3.05) is 20.1 Å². The molecule has 1 saturated heterocycles. The van der Waals surface area contributed by atoms with Crippen LogP contribution in [0.3, 0.4) is 0 Å². The molecule has 5 heteroatoms. The Kier molecular flexibility index (Phi) is 3.88. The van der Waals surface area contributed by atoms with Gasteiger partial charge in [-0.1, -0.05) is 0 Å². The van der Waals surface area contributed by atoms with Gasteiger partial charge in [-0.15, -0.1) is 0 Å². The minimum Gasteiger partial charge on any atom is -0.370 e. The van der Waals surface area contributed by atoms with E-state index in [2.05, 4.69) is 5.32 Å². The number of amides is 2. The number of carbonyl (C=O) groups is 2. The van der Waals surface area contributed by atoms with Crippen LogP contribution in [0.4, 0.5) is 0 Å². The van der Waals surface area contributed by atoms with Crippen molar-refractivity contribution in [1.82, 2.24) is 10.2 Å². The molecule has 1 fully saturated rings. The topological polar surface area (TPSA) is 75.4 Å². The fraction of sp³-hybridized carbons (Fsp3) is 0.778. The van der Waals surface area contributed by atoms with Gasteiger partial charge in [-0.05, 0) is 19.9 Å². The number of rotatable bonds is 5. The molecule has 0 radical (unpaired) electrons. The lowest BCUT2D eigenvalue weighted by Crippen LogP contribution is -2.36. The number of hydrogen-bond donors (Lipinski definition) is 2. The van der Waals surface area contributed by atoms with Gasteiger partial charge >= 0.3 is 0 Å². The zero-order valence-corrected chi connectivity index (χ0v) is 8.45. The predicted octanol–water partition coefficient (Wildman–Crippen LogP) is -0.928. The van der Waals surface area contributed by atoms with E-state index in [4.69, 9.17) is 5.73 Å². The first-order valence-electron chi connectivity index (χ1n) is 4.89. The van der Waals surface area contributed by atoms with Gasteiger partial charge in [0.05, 0.1) is 6.04 Å². The van der Waals surface area contributed by atoms with Crippen LogP contribution in [0.15, 0.2) is 0 Å². The summed E-state index contributed by atoms with van der Waals surface area (Å²) < 4.78 is 0. The minimum absolute atomic E-state index is 0.0384. The average molecular weight is 199 g/mol. The summed E-state index contributed by atoms with van der Waals surface area (Å²) >= 11 is 0. The van der Waals surface area contributed by atoms with Crippen molar-refractivity contribution < 1.29 is 9.59 Å². The number of hydrogen-bond acceptors (Lipinski definition) is 3. The fourth-order valence-corrected chi connectivity index (χ4v) is 1.67. The summed E-state index contributed by atoms with van der Waals surface area (Å²) in [6, 6.07) is -0.0384. The Hall–Kier alpha value is -1.10. The summed E-state index contributed by atoms with van der Waals surface area (Å²) in [7, 11) is 1.79. The van der Waals surface area contributed by atoms with Crippen molar-refractivity contribution in [3.63, 3.8) is 0 Å². The van der Waals surface area contributed by atoms with E-state index in [-0.39, 0.29) is 17.9 Å². The average Bonchev–Trinajstić information content (AvgIpc) is 2.47. The first kappa shape index (κ1) is 11.0. The lowest BCUT2D eigenvalue weighted by Gasteiger charge is -2.15. The van der Waals surface area contributed by atoms with Gasteiger partial charge in [0.15, 0.2) is 0 Å². The molecule has 5 nitrogen and oxygen atoms in total. The first-order chi connectivity index (χ1) is 6.65. The van der Waals surface area contributed by atoms with Gasteiger partial charge in [-0.25, -0.2) is 0 Å². The summed E-state index contributed by atoms with van der Waals surface area (Å²) in [4.78, 5) is 23.8. The Bertz CT molecular complexity index is 230. The van der Waals surface area contributed by atoms with Gasteiger partial charge in [0, 0.05) is 19.5 Å². The SMILES string of the molecule is CNC1CCN(CCCC(N)=O)C1=O. The molecular weight excluding hydrogens is 182 g/mol. The Morgan fingerprint density at radius 2 is 2.43 bits per heavy atom. The summed E-state index contributed by atoms with van der Waals surface area (Å²) in [5, 5.41) is 2.96. The van der Waals surface area contributed by atoms with E-state index in [0.29, 0.717) is 19.4 Å². The summed E-state index contributed by atoms with van der Waals surface area (Å²) in [5.74, 6) is -0.168. The molecule has 3 N–H and O–H groups in total. The number of nitrogens with two attached hydrogens (primary N) is 1. The van der Waals surface area contributed by atoms with E-state index >= 15 is 0 Å². The molecule has 14 heavy (non-hydrogen) atoms. The van der Waals surface area contributed by atoms with Crippen LogP contribution in [-0.4, -0.2) is 42.9 Å². The maximum atomic E-state index is 11.6. The van der Waals surface area contributed by atoms with Gasteiger partial charge in [0.25, 0.3) is 0 Å². The van der Waals surface area contributed by atoms with Gasteiger partial charge in [0.1, 0.15) is 0 Å². The third kappa shape index (κ3) is 2.70. The van der Waals surface area contributed by atoms with Crippen LogP contribution < -0.4 is 11.1 Å². The first-order valence-corrected chi connectivity index (χ1v) is 4.89. The number of nitrogens with one attached hydrogen (secondary N) is 1. The normalized spacial score (nSPS) is 21.6. The van der Waals surface area contributed by atoms with Crippen LogP contribution in [0.5, 0.6) is 0 Å². The molecule has 0 aromatic heterocycles. The highest BCUT2D eigenvalue weighted by Crippen LogP contribution is 2.11. The van der Waals surface area contributed by atoms with Gasteiger partial charge in [-0.3, -0.25) is 9.59 Å². The molecule has 0 spiro atoms. The third-order valence-electron chi connectivity index (χ3n) is 2.50. The summed E-state index contributed by atoms with van der Waals surface area (Å²) in [6.07, 6.45) is 1.87. The lowest BCUT2D eigenvalue weighted by molar-refractivity contribution is -0.129. The van der Waals surface area contributed by atoms with E-state index in [1.54, 1.807) is 11.9 Å². The summed E-state index contributed by atoms with van der Waals surface area (Å²) in [6.45, 7) is 1.42. The van der Waals surface area contributed by atoms with Crippen LogP contribution in [0.25, 0.3) is 0 Å². The van der Waals surface area contributed by atoms with Crippen LogP contribution in [0.1, 0.15) is 19.3 Å². The zero-order valence-electron chi connectivity index (χ0n) is 8.45. The lowest BCUT2D eigenvalue weighted by atomic mass is 10.2. The standard InChI is InChI=1S/C9H17N3O2/c1-11-7-4-6-12(9(7)14)5-2-3-8(10)13/h7,11H,2-6H2,1H3,(H2,10,13). The van der Waals surface area contributed by atoms with Crippen LogP contribution in [-0.2, 0) is 9.59 Å². The van der Waals surface area contributed by atoms with E-state index in [9.17, 15) is 9.59 Å². The van der Waals surface area contributed by atoms with E-state index < -0.39 is 0 Å². The molecule has 0 bridgehead atoms. The van der Waals surface area contributed by atoms with Gasteiger partial charge in [0.2, 0.25) is 11.8 Å². The molecule has 1 unspecified atom stereocenters. The molecule has 0 aromatic carbocycles. The molecular formula is C9H17N3O2. The van der Waals surface area contributed by atoms with Crippen molar-refractivity contribution in [2.45, 2.75) is 25.3 Å². The second-order valence-corrected chi connectivity index (χ2v) is 3.53. The quantitative estimate of drug-likeness (QED) is 0.601. The number of nitrogens with zero attached hydrogens (tertiary/aromatic N) is 1. The molecule has 1 aliphatic rings. The molecule has 1 rings (SSSR count). The van der Waals surface area contributed by atoms with Crippen LogP contribution in [0.2, 0.25) is 0 Å². The molecule has 0 aliphatic carbocycles.